The maximum absolute atomic E-state index is 12.4. The molecule has 3 heteroatoms. The lowest BCUT2D eigenvalue weighted by Gasteiger charge is -2.70. The molecule has 0 heterocycles. The van der Waals surface area contributed by atoms with Crippen molar-refractivity contribution in [2.45, 2.75) is 112 Å². The van der Waals surface area contributed by atoms with Crippen molar-refractivity contribution in [1.29, 1.82) is 0 Å². The van der Waals surface area contributed by atoms with Crippen molar-refractivity contribution in [3.8, 4) is 0 Å². The summed E-state index contributed by atoms with van der Waals surface area (Å²) in [5.74, 6) is 1.65. The van der Waals surface area contributed by atoms with E-state index in [1.54, 1.807) is 6.92 Å². The molecule has 0 radical (unpaired) electrons. The number of aliphatic hydroxyl groups is 1. The van der Waals surface area contributed by atoms with Gasteiger partial charge in [-0.25, -0.2) is 4.79 Å². The minimum Gasteiger partial charge on any atom is -0.456 e. The first-order chi connectivity index (χ1) is 13.1. The number of ether oxygens (including phenoxy) is 1. The van der Waals surface area contributed by atoms with Crippen LogP contribution < -0.4 is 0 Å². The van der Waals surface area contributed by atoms with Gasteiger partial charge in [-0.15, -0.1) is 0 Å². The van der Waals surface area contributed by atoms with E-state index >= 15 is 0 Å². The molecule has 4 saturated carbocycles. The third-order valence-corrected chi connectivity index (χ3v) is 9.52. The Bertz CT molecular complexity index is 663. The second kappa shape index (κ2) is 6.84. The predicted molar refractivity (Wildman–Crippen MR) is 118 cm³/mol. The van der Waals surface area contributed by atoms with Crippen LogP contribution in [0.2, 0.25) is 0 Å². The van der Waals surface area contributed by atoms with Gasteiger partial charge in [-0.3, -0.25) is 0 Å². The van der Waals surface area contributed by atoms with Gasteiger partial charge in [0.25, 0.3) is 0 Å². The summed E-state index contributed by atoms with van der Waals surface area (Å²) in [7, 11) is 0. The summed E-state index contributed by atoms with van der Waals surface area (Å²) in [5, 5.41) is 11.3. The van der Waals surface area contributed by atoms with Gasteiger partial charge in [-0.1, -0.05) is 33.8 Å². The van der Waals surface area contributed by atoms with Crippen LogP contribution in [0.5, 0.6) is 0 Å². The first kappa shape index (κ1) is 22.8. The SMILES string of the molecule is C=C(C)C(=O)OC(C)(C)C12CC3CC(C(C)(C)O)(CC(C1)C3CC(C)(C)CC)C2. The molecule has 0 spiro atoms. The zero-order valence-corrected chi connectivity index (χ0v) is 20.2. The predicted octanol–water partition coefficient (Wildman–Crippen LogP) is 6.29. The number of hydrogen-bond acceptors (Lipinski definition) is 3. The highest BCUT2D eigenvalue weighted by Gasteiger charge is 2.68. The van der Waals surface area contributed by atoms with Gasteiger partial charge in [0.2, 0.25) is 0 Å². The molecule has 29 heavy (non-hydrogen) atoms. The molecule has 4 aliphatic carbocycles. The van der Waals surface area contributed by atoms with Gasteiger partial charge in [0.05, 0.1) is 5.60 Å². The van der Waals surface area contributed by atoms with Gasteiger partial charge in [-0.2, -0.15) is 0 Å². The Kier molecular flexibility index (Phi) is 5.39. The molecule has 166 valence electrons. The molecule has 0 aromatic carbocycles. The molecule has 4 aliphatic rings. The van der Waals surface area contributed by atoms with Crippen LogP contribution in [0.15, 0.2) is 12.2 Å². The fourth-order valence-corrected chi connectivity index (χ4v) is 7.21. The average Bonchev–Trinajstić information content (AvgIpc) is 2.56. The summed E-state index contributed by atoms with van der Waals surface area (Å²) in [4.78, 5) is 12.4. The minimum atomic E-state index is -0.713. The second-order valence-electron chi connectivity index (χ2n) is 12.7. The highest BCUT2D eigenvalue weighted by atomic mass is 16.6. The zero-order valence-electron chi connectivity index (χ0n) is 20.2. The quantitative estimate of drug-likeness (QED) is 0.400. The maximum Gasteiger partial charge on any atom is 0.333 e. The van der Waals surface area contributed by atoms with Gasteiger partial charge in [-0.05, 0) is 102 Å². The summed E-state index contributed by atoms with van der Waals surface area (Å²) >= 11 is 0. The number of esters is 1. The van der Waals surface area contributed by atoms with Gasteiger partial charge >= 0.3 is 5.97 Å². The van der Waals surface area contributed by atoms with Crippen molar-refractivity contribution in [3.05, 3.63) is 12.2 Å². The van der Waals surface area contributed by atoms with Crippen molar-refractivity contribution in [2.75, 3.05) is 0 Å². The van der Waals surface area contributed by atoms with E-state index in [-0.39, 0.29) is 16.8 Å². The normalized spacial score (nSPS) is 36.9. The molecule has 3 nitrogen and oxygen atoms in total. The lowest BCUT2D eigenvalue weighted by molar-refractivity contribution is -0.260. The molecule has 0 amide bonds. The Morgan fingerprint density at radius 2 is 1.52 bits per heavy atom. The Morgan fingerprint density at radius 3 is 1.93 bits per heavy atom. The van der Waals surface area contributed by atoms with E-state index < -0.39 is 11.2 Å². The molecular formula is C26H44O3. The van der Waals surface area contributed by atoms with Crippen LogP contribution in [0.1, 0.15) is 100 Å². The molecule has 0 saturated heterocycles. The first-order valence-corrected chi connectivity index (χ1v) is 11.7. The molecule has 0 aromatic rings. The third-order valence-electron chi connectivity index (χ3n) is 9.52. The van der Waals surface area contributed by atoms with Crippen LogP contribution in [0.4, 0.5) is 0 Å². The fraction of sp³-hybridized carbons (Fsp3) is 0.885. The number of hydrogen-bond donors (Lipinski definition) is 1. The Hall–Kier alpha value is -0.830. The summed E-state index contributed by atoms with van der Waals surface area (Å²) < 4.78 is 6.08. The number of carbonyl (C=O) groups is 1. The lowest BCUT2D eigenvalue weighted by atomic mass is 9.36. The van der Waals surface area contributed by atoms with Crippen molar-refractivity contribution < 1.29 is 14.6 Å². The van der Waals surface area contributed by atoms with Crippen LogP contribution in [0.3, 0.4) is 0 Å². The number of rotatable bonds is 7. The van der Waals surface area contributed by atoms with Crippen LogP contribution >= 0.6 is 0 Å². The molecule has 0 aliphatic heterocycles. The van der Waals surface area contributed by atoms with E-state index in [4.69, 9.17) is 4.74 Å². The van der Waals surface area contributed by atoms with Crippen LogP contribution in [0.25, 0.3) is 0 Å². The zero-order chi connectivity index (χ0) is 22.0. The second-order valence-corrected chi connectivity index (χ2v) is 12.7. The maximum atomic E-state index is 12.4. The van der Waals surface area contributed by atoms with Gasteiger partial charge in [0, 0.05) is 11.0 Å². The fourth-order valence-electron chi connectivity index (χ4n) is 7.21. The molecule has 2 unspecified atom stereocenters. The highest BCUT2D eigenvalue weighted by molar-refractivity contribution is 5.87. The van der Waals surface area contributed by atoms with E-state index in [9.17, 15) is 9.90 Å². The largest absolute Gasteiger partial charge is 0.456 e. The van der Waals surface area contributed by atoms with E-state index in [0.717, 1.165) is 38.0 Å². The van der Waals surface area contributed by atoms with Crippen LogP contribution in [-0.2, 0) is 9.53 Å². The topological polar surface area (TPSA) is 46.5 Å². The summed E-state index contributed by atoms with van der Waals surface area (Å²) in [6, 6.07) is 0. The highest BCUT2D eigenvalue weighted by Crippen LogP contribution is 2.73. The Labute approximate surface area is 178 Å². The molecule has 4 fully saturated rings. The van der Waals surface area contributed by atoms with E-state index in [1.165, 1.54) is 12.8 Å². The molecule has 1 N–H and O–H groups in total. The molecule has 0 aromatic heterocycles. The average molecular weight is 405 g/mol. The van der Waals surface area contributed by atoms with E-state index in [2.05, 4.69) is 41.2 Å². The standard InChI is InChI=1S/C26H44O3/c1-10-22(4,5)15-20-18-11-25(23(6,7)28)12-19(20)14-26(13-18,16-25)24(8,9)29-21(27)17(2)3/h18-20,28H,2,10-16H2,1,3-9H3. The smallest absolute Gasteiger partial charge is 0.333 e. The Balaban J connectivity index is 1.98. The lowest BCUT2D eigenvalue weighted by Crippen LogP contribution is -2.67. The third kappa shape index (κ3) is 3.70. The minimum absolute atomic E-state index is 0.0587. The van der Waals surface area contributed by atoms with Crippen LogP contribution in [-0.4, -0.2) is 22.3 Å². The molecule has 4 rings (SSSR count). The van der Waals surface area contributed by atoms with E-state index in [0.29, 0.717) is 22.8 Å². The van der Waals surface area contributed by atoms with Gasteiger partial charge < -0.3 is 9.84 Å². The van der Waals surface area contributed by atoms with Crippen molar-refractivity contribution in [3.63, 3.8) is 0 Å². The summed E-state index contributed by atoms with van der Waals surface area (Å²) in [5.41, 5.74) is -0.577. The summed E-state index contributed by atoms with van der Waals surface area (Å²) in [6.45, 7) is 20.8. The molecule has 4 bridgehead atoms. The first-order valence-electron chi connectivity index (χ1n) is 11.7. The summed E-state index contributed by atoms with van der Waals surface area (Å²) in [6.07, 6.45) is 7.88. The number of carbonyl (C=O) groups excluding carboxylic acids is 1. The van der Waals surface area contributed by atoms with Gasteiger partial charge in [0.1, 0.15) is 5.60 Å². The monoisotopic (exact) mass is 404 g/mol. The van der Waals surface area contributed by atoms with E-state index in [1.807, 2.05) is 13.8 Å². The van der Waals surface area contributed by atoms with Gasteiger partial charge in [0.15, 0.2) is 0 Å². The molecule has 2 atom stereocenters. The molecular weight excluding hydrogens is 360 g/mol. The van der Waals surface area contributed by atoms with Crippen molar-refractivity contribution in [2.24, 2.45) is 34.0 Å². The van der Waals surface area contributed by atoms with Crippen LogP contribution in [0, 0.1) is 34.0 Å². The van der Waals surface area contributed by atoms with Crippen molar-refractivity contribution in [1.82, 2.24) is 0 Å². The van der Waals surface area contributed by atoms with Crippen molar-refractivity contribution >= 4 is 5.97 Å². The Morgan fingerprint density at radius 1 is 1.03 bits per heavy atom.